The van der Waals surface area contributed by atoms with Crippen LogP contribution >= 0.6 is 0 Å². The third-order valence-corrected chi connectivity index (χ3v) is 2.66. The molecule has 0 aliphatic carbocycles. The number of nitrogens with zero attached hydrogens (tertiary/aromatic N) is 1. The number of carbonyl (C=O) groups is 1. The molecule has 1 aromatic carbocycles. The number of rotatable bonds is 5. The molecule has 3 heteroatoms. The Labute approximate surface area is 109 Å². The number of hydroxylamine groups is 2. The van der Waals surface area contributed by atoms with Crippen LogP contribution in [0.15, 0.2) is 43.0 Å². The quantitative estimate of drug-likeness (QED) is 0.591. The molecule has 1 fully saturated rings. The molecule has 0 unspecified atom stereocenters. The van der Waals surface area contributed by atoms with E-state index in [0.717, 1.165) is 12.0 Å². The van der Waals surface area contributed by atoms with Gasteiger partial charge in [-0.25, -0.2) is 5.06 Å². The maximum absolute atomic E-state index is 11.5. The first-order valence-corrected chi connectivity index (χ1v) is 6.40. The molecule has 1 aromatic rings. The zero-order chi connectivity index (χ0) is 13.4. The van der Waals surface area contributed by atoms with Crippen LogP contribution in [0, 0.1) is 5.92 Å². The van der Waals surface area contributed by atoms with Crippen LogP contribution in [0.5, 0.6) is 0 Å². The van der Waals surface area contributed by atoms with Gasteiger partial charge in [0.25, 0.3) is 5.91 Å². The smallest absolute Gasteiger partial charge is 0.251 e. The minimum absolute atomic E-state index is 0.0656. The van der Waals surface area contributed by atoms with Crippen molar-refractivity contribution in [3.05, 3.63) is 48.6 Å². The first-order valence-electron chi connectivity index (χ1n) is 6.40. The van der Waals surface area contributed by atoms with E-state index in [0.29, 0.717) is 13.2 Å². The molecule has 0 spiro atoms. The van der Waals surface area contributed by atoms with Crippen LogP contribution in [0.3, 0.4) is 0 Å². The summed E-state index contributed by atoms with van der Waals surface area (Å²) in [5, 5.41) is 1.43. The van der Waals surface area contributed by atoms with Gasteiger partial charge in [-0.15, -0.1) is 6.58 Å². The SMILES string of the molecule is C=CC[C@@H]1CN(OCc2ccccc2)C1=O.CC. The molecule has 1 atom stereocenters. The highest BCUT2D eigenvalue weighted by Gasteiger charge is 2.36. The Balaban J connectivity index is 0.000000771. The maximum Gasteiger partial charge on any atom is 0.251 e. The fourth-order valence-electron chi connectivity index (χ4n) is 1.68. The van der Waals surface area contributed by atoms with E-state index in [2.05, 4.69) is 6.58 Å². The van der Waals surface area contributed by atoms with Crippen molar-refractivity contribution in [2.24, 2.45) is 5.92 Å². The molecular weight excluding hydrogens is 226 g/mol. The normalized spacial score (nSPS) is 17.6. The van der Waals surface area contributed by atoms with Gasteiger partial charge in [-0.05, 0) is 12.0 Å². The predicted octanol–water partition coefficient (Wildman–Crippen LogP) is 3.18. The second kappa shape index (κ2) is 7.67. The minimum Gasteiger partial charge on any atom is -0.272 e. The number of amides is 1. The van der Waals surface area contributed by atoms with Gasteiger partial charge in [0, 0.05) is 0 Å². The highest BCUT2D eigenvalue weighted by molar-refractivity contribution is 5.83. The van der Waals surface area contributed by atoms with Gasteiger partial charge >= 0.3 is 0 Å². The van der Waals surface area contributed by atoms with E-state index in [9.17, 15) is 4.79 Å². The number of carbonyl (C=O) groups excluding carboxylic acids is 1. The van der Waals surface area contributed by atoms with Gasteiger partial charge < -0.3 is 0 Å². The fraction of sp³-hybridized carbons (Fsp3) is 0.400. The second-order valence-corrected chi connectivity index (χ2v) is 3.88. The zero-order valence-electron chi connectivity index (χ0n) is 11.1. The molecule has 0 saturated carbocycles. The molecular formula is C15H21NO2. The monoisotopic (exact) mass is 247 g/mol. The van der Waals surface area contributed by atoms with Gasteiger partial charge in [0.2, 0.25) is 0 Å². The van der Waals surface area contributed by atoms with E-state index in [1.807, 2.05) is 44.2 Å². The third-order valence-electron chi connectivity index (χ3n) is 2.66. The molecule has 1 saturated heterocycles. The molecule has 3 nitrogen and oxygen atoms in total. The van der Waals surface area contributed by atoms with Crippen molar-refractivity contribution in [3.8, 4) is 0 Å². The number of benzene rings is 1. The first-order chi connectivity index (χ1) is 8.81. The van der Waals surface area contributed by atoms with Gasteiger partial charge in [-0.3, -0.25) is 9.63 Å². The molecule has 0 radical (unpaired) electrons. The summed E-state index contributed by atoms with van der Waals surface area (Å²) in [7, 11) is 0. The average molecular weight is 247 g/mol. The summed E-state index contributed by atoms with van der Waals surface area (Å²) in [5.74, 6) is 0.143. The summed E-state index contributed by atoms with van der Waals surface area (Å²) in [6.45, 7) is 8.75. The topological polar surface area (TPSA) is 29.5 Å². The van der Waals surface area contributed by atoms with E-state index < -0.39 is 0 Å². The predicted molar refractivity (Wildman–Crippen MR) is 72.6 cm³/mol. The number of β-lactam (4-membered cyclic amide) rings is 1. The number of allylic oxidation sites excluding steroid dienone is 1. The van der Waals surface area contributed by atoms with E-state index in [4.69, 9.17) is 4.84 Å². The molecule has 1 amide bonds. The first kappa shape index (κ1) is 14.5. The molecule has 2 rings (SSSR count). The molecule has 0 bridgehead atoms. The van der Waals surface area contributed by atoms with Crippen molar-refractivity contribution in [2.45, 2.75) is 26.9 Å². The van der Waals surface area contributed by atoms with Gasteiger partial charge in [0.1, 0.15) is 6.61 Å². The van der Waals surface area contributed by atoms with Crippen LogP contribution in [-0.2, 0) is 16.2 Å². The van der Waals surface area contributed by atoms with Crippen molar-refractivity contribution >= 4 is 5.91 Å². The molecule has 1 aliphatic rings. The fourth-order valence-corrected chi connectivity index (χ4v) is 1.68. The van der Waals surface area contributed by atoms with Crippen LogP contribution in [0.4, 0.5) is 0 Å². The highest BCUT2D eigenvalue weighted by atomic mass is 16.7. The summed E-state index contributed by atoms with van der Waals surface area (Å²) in [5.41, 5.74) is 1.07. The average Bonchev–Trinajstić information content (AvgIpc) is 2.45. The van der Waals surface area contributed by atoms with Crippen LogP contribution in [-0.4, -0.2) is 17.5 Å². The summed E-state index contributed by atoms with van der Waals surface area (Å²) in [6, 6.07) is 9.82. The largest absolute Gasteiger partial charge is 0.272 e. The molecule has 98 valence electrons. The third kappa shape index (κ3) is 3.70. The van der Waals surface area contributed by atoms with E-state index >= 15 is 0 Å². The van der Waals surface area contributed by atoms with Crippen molar-refractivity contribution in [2.75, 3.05) is 6.54 Å². The number of hydrogen-bond donors (Lipinski definition) is 0. The van der Waals surface area contributed by atoms with Gasteiger partial charge in [-0.1, -0.05) is 50.3 Å². The molecule has 1 heterocycles. The van der Waals surface area contributed by atoms with Crippen molar-refractivity contribution < 1.29 is 9.63 Å². The molecule has 0 N–H and O–H groups in total. The van der Waals surface area contributed by atoms with Crippen LogP contribution in [0.1, 0.15) is 25.8 Å². The van der Waals surface area contributed by atoms with Crippen LogP contribution < -0.4 is 0 Å². The Hall–Kier alpha value is -1.61. The Kier molecular flexibility index (Phi) is 6.15. The van der Waals surface area contributed by atoms with Gasteiger partial charge in [0.05, 0.1) is 12.5 Å². The van der Waals surface area contributed by atoms with Crippen molar-refractivity contribution in [1.29, 1.82) is 0 Å². The Morgan fingerprint density at radius 3 is 2.61 bits per heavy atom. The van der Waals surface area contributed by atoms with Gasteiger partial charge in [-0.2, -0.15) is 0 Å². The summed E-state index contributed by atoms with van der Waals surface area (Å²) in [6.07, 6.45) is 2.52. The van der Waals surface area contributed by atoms with E-state index in [-0.39, 0.29) is 11.8 Å². The molecule has 0 aromatic heterocycles. The van der Waals surface area contributed by atoms with Crippen LogP contribution in [0.2, 0.25) is 0 Å². The Bertz CT molecular complexity index is 375. The number of hydrogen-bond acceptors (Lipinski definition) is 2. The minimum atomic E-state index is 0.0656. The lowest BCUT2D eigenvalue weighted by atomic mass is 9.98. The van der Waals surface area contributed by atoms with E-state index in [1.54, 1.807) is 6.08 Å². The van der Waals surface area contributed by atoms with E-state index in [1.165, 1.54) is 5.06 Å². The Morgan fingerprint density at radius 2 is 2.06 bits per heavy atom. The van der Waals surface area contributed by atoms with Crippen molar-refractivity contribution in [1.82, 2.24) is 5.06 Å². The van der Waals surface area contributed by atoms with Crippen LogP contribution in [0.25, 0.3) is 0 Å². The maximum atomic E-state index is 11.5. The lowest BCUT2D eigenvalue weighted by molar-refractivity contribution is -0.225. The summed E-state index contributed by atoms with van der Waals surface area (Å²) < 4.78 is 0. The zero-order valence-corrected chi connectivity index (χ0v) is 11.1. The van der Waals surface area contributed by atoms with Crippen molar-refractivity contribution in [3.63, 3.8) is 0 Å². The lowest BCUT2D eigenvalue weighted by Gasteiger charge is -2.36. The molecule has 18 heavy (non-hydrogen) atoms. The second-order valence-electron chi connectivity index (χ2n) is 3.88. The standard InChI is InChI=1S/C13H15NO2.C2H6/c1-2-6-12-9-14(13(12)15)16-10-11-7-4-3-5-8-11;1-2/h2-5,7-8,12H,1,6,9-10H2;1-2H3/t12-;/m1./s1. The summed E-state index contributed by atoms with van der Waals surface area (Å²) >= 11 is 0. The Morgan fingerprint density at radius 1 is 1.39 bits per heavy atom. The molecule has 1 aliphatic heterocycles. The highest BCUT2D eigenvalue weighted by Crippen LogP contribution is 2.22. The lowest BCUT2D eigenvalue weighted by Crippen LogP contribution is -2.51. The van der Waals surface area contributed by atoms with Gasteiger partial charge in [0.15, 0.2) is 0 Å². The summed E-state index contributed by atoms with van der Waals surface area (Å²) in [4.78, 5) is 16.9.